The van der Waals surface area contributed by atoms with Crippen molar-refractivity contribution in [1.29, 1.82) is 0 Å². The van der Waals surface area contributed by atoms with E-state index in [1.807, 2.05) is 0 Å². The lowest BCUT2D eigenvalue weighted by Gasteiger charge is -2.37. The quantitative estimate of drug-likeness (QED) is 0.856. The molecule has 0 aliphatic carbocycles. The van der Waals surface area contributed by atoms with Gasteiger partial charge in [0.25, 0.3) is 0 Å². The van der Waals surface area contributed by atoms with Crippen LogP contribution in [0.1, 0.15) is 18.6 Å². The molecule has 0 saturated carbocycles. The summed E-state index contributed by atoms with van der Waals surface area (Å²) in [6.07, 6.45) is 1.70. The first kappa shape index (κ1) is 11.4. The Morgan fingerprint density at radius 2 is 2.21 bits per heavy atom. The minimum atomic E-state index is -0.886. The topological polar surface area (TPSA) is 36.6 Å². The fraction of sp³-hybridized carbons (Fsp3) is 0.467. The molecule has 3 heterocycles. The van der Waals surface area contributed by atoms with E-state index in [0.29, 0.717) is 17.8 Å². The maximum Gasteiger partial charge on any atom is 0.137 e. The lowest BCUT2D eigenvalue weighted by atomic mass is 9.80. The first-order valence-electron chi connectivity index (χ1n) is 6.79. The van der Waals surface area contributed by atoms with Crippen LogP contribution in [-0.2, 0) is 5.60 Å². The SMILES string of the molecule is OC1(c2cc3cc(F)ccc3o2)CCN2CCC1C2. The van der Waals surface area contributed by atoms with E-state index in [4.69, 9.17) is 4.42 Å². The molecule has 2 aromatic rings. The van der Waals surface area contributed by atoms with E-state index in [1.165, 1.54) is 12.1 Å². The van der Waals surface area contributed by atoms with E-state index < -0.39 is 5.60 Å². The van der Waals surface area contributed by atoms with Gasteiger partial charge in [-0.2, -0.15) is 0 Å². The molecule has 2 bridgehead atoms. The molecule has 3 unspecified atom stereocenters. The fourth-order valence-corrected chi connectivity index (χ4v) is 3.51. The molecule has 3 atom stereocenters. The Balaban J connectivity index is 1.80. The van der Waals surface area contributed by atoms with Crippen LogP contribution in [0.3, 0.4) is 0 Å². The van der Waals surface area contributed by atoms with Crippen LogP contribution < -0.4 is 0 Å². The summed E-state index contributed by atoms with van der Waals surface area (Å²) in [7, 11) is 0. The van der Waals surface area contributed by atoms with Crippen molar-refractivity contribution in [2.75, 3.05) is 19.6 Å². The van der Waals surface area contributed by atoms with Gasteiger partial charge in [-0.25, -0.2) is 4.39 Å². The molecule has 2 aliphatic rings. The molecule has 1 N–H and O–H groups in total. The van der Waals surface area contributed by atoms with Gasteiger partial charge in [0.05, 0.1) is 0 Å². The van der Waals surface area contributed by atoms with Crippen LogP contribution in [0.25, 0.3) is 11.0 Å². The van der Waals surface area contributed by atoms with E-state index in [1.54, 1.807) is 12.1 Å². The van der Waals surface area contributed by atoms with Crippen LogP contribution in [0.4, 0.5) is 4.39 Å². The summed E-state index contributed by atoms with van der Waals surface area (Å²) >= 11 is 0. The summed E-state index contributed by atoms with van der Waals surface area (Å²) in [5, 5.41) is 11.7. The van der Waals surface area contributed by atoms with Crippen molar-refractivity contribution >= 4 is 11.0 Å². The third-order valence-corrected chi connectivity index (χ3v) is 4.66. The largest absolute Gasteiger partial charge is 0.458 e. The van der Waals surface area contributed by atoms with Gasteiger partial charge in [-0.15, -0.1) is 0 Å². The molecular formula is C15H16FNO2. The van der Waals surface area contributed by atoms with Gasteiger partial charge >= 0.3 is 0 Å². The van der Waals surface area contributed by atoms with Crippen LogP contribution in [0.2, 0.25) is 0 Å². The Morgan fingerprint density at radius 3 is 3.11 bits per heavy atom. The summed E-state index contributed by atoms with van der Waals surface area (Å²) in [5.41, 5.74) is -0.243. The molecule has 4 heteroatoms. The van der Waals surface area contributed by atoms with Gasteiger partial charge in [-0.1, -0.05) is 0 Å². The number of hydrogen-bond acceptors (Lipinski definition) is 3. The predicted molar refractivity (Wildman–Crippen MR) is 69.2 cm³/mol. The molecular weight excluding hydrogens is 245 g/mol. The molecule has 3 nitrogen and oxygen atoms in total. The number of aliphatic hydroxyl groups is 1. The molecule has 19 heavy (non-hydrogen) atoms. The van der Waals surface area contributed by atoms with Gasteiger partial charge in [0, 0.05) is 24.4 Å². The third kappa shape index (κ3) is 1.63. The molecule has 100 valence electrons. The van der Waals surface area contributed by atoms with Crippen LogP contribution in [0.15, 0.2) is 28.7 Å². The van der Waals surface area contributed by atoms with Crippen molar-refractivity contribution in [3.8, 4) is 0 Å². The standard InChI is InChI=1S/C15H16FNO2/c16-12-1-2-13-10(7-12)8-14(19-13)15(18)4-6-17-5-3-11(15)9-17/h1-2,7-8,11,18H,3-6,9H2. The van der Waals surface area contributed by atoms with E-state index >= 15 is 0 Å². The predicted octanol–water partition coefficient (Wildman–Crippen LogP) is 2.49. The maximum absolute atomic E-state index is 13.2. The van der Waals surface area contributed by atoms with Gasteiger partial charge in [0.1, 0.15) is 22.8 Å². The molecule has 0 amide bonds. The molecule has 2 aliphatic heterocycles. The Hall–Kier alpha value is -1.39. The number of benzene rings is 1. The number of hydrogen-bond donors (Lipinski definition) is 1. The Labute approximate surface area is 110 Å². The Kier molecular flexibility index (Phi) is 2.29. The monoisotopic (exact) mass is 261 g/mol. The maximum atomic E-state index is 13.2. The van der Waals surface area contributed by atoms with Crippen molar-refractivity contribution in [1.82, 2.24) is 4.90 Å². The van der Waals surface area contributed by atoms with E-state index in [0.717, 1.165) is 31.4 Å². The number of piperidine rings is 1. The second-order valence-electron chi connectivity index (χ2n) is 5.75. The molecule has 1 aromatic carbocycles. The van der Waals surface area contributed by atoms with E-state index in [-0.39, 0.29) is 11.7 Å². The minimum absolute atomic E-state index is 0.228. The normalized spacial score (nSPS) is 34.0. The van der Waals surface area contributed by atoms with Gasteiger partial charge in [-0.05, 0) is 43.7 Å². The van der Waals surface area contributed by atoms with Crippen molar-refractivity contribution in [3.63, 3.8) is 0 Å². The summed E-state index contributed by atoms with van der Waals surface area (Å²) in [6, 6.07) is 6.26. The van der Waals surface area contributed by atoms with Gasteiger partial charge in [-0.3, -0.25) is 0 Å². The number of rotatable bonds is 1. The zero-order valence-electron chi connectivity index (χ0n) is 10.6. The fourth-order valence-electron chi connectivity index (χ4n) is 3.51. The Bertz CT molecular complexity index is 638. The second-order valence-corrected chi connectivity index (χ2v) is 5.75. The first-order chi connectivity index (χ1) is 9.15. The number of furan rings is 1. The number of nitrogens with zero attached hydrogens (tertiary/aromatic N) is 1. The molecule has 0 spiro atoms. The van der Waals surface area contributed by atoms with Crippen LogP contribution >= 0.6 is 0 Å². The zero-order valence-corrected chi connectivity index (χ0v) is 10.6. The smallest absolute Gasteiger partial charge is 0.137 e. The average Bonchev–Trinajstić information content (AvgIpc) is 2.99. The highest BCUT2D eigenvalue weighted by Gasteiger charge is 2.48. The highest BCUT2D eigenvalue weighted by Crippen LogP contribution is 2.44. The van der Waals surface area contributed by atoms with Crippen molar-refractivity contribution in [2.45, 2.75) is 18.4 Å². The van der Waals surface area contributed by atoms with Crippen molar-refractivity contribution in [2.24, 2.45) is 5.92 Å². The zero-order chi connectivity index (χ0) is 13.0. The van der Waals surface area contributed by atoms with Crippen molar-refractivity contribution < 1.29 is 13.9 Å². The van der Waals surface area contributed by atoms with Gasteiger partial charge in [0.15, 0.2) is 0 Å². The highest BCUT2D eigenvalue weighted by molar-refractivity contribution is 5.78. The highest BCUT2D eigenvalue weighted by atomic mass is 19.1. The summed E-state index contributed by atoms with van der Waals surface area (Å²) in [4.78, 5) is 2.38. The molecule has 4 rings (SSSR count). The average molecular weight is 261 g/mol. The molecule has 1 aromatic heterocycles. The van der Waals surface area contributed by atoms with Crippen LogP contribution in [-0.4, -0.2) is 29.6 Å². The molecule has 0 radical (unpaired) electrons. The summed E-state index contributed by atoms with van der Waals surface area (Å²) in [6.45, 7) is 2.89. The second kappa shape index (κ2) is 3.81. The van der Waals surface area contributed by atoms with Crippen LogP contribution in [0.5, 0.6) is 0 Å². The van der Waals surface area contributed by atoms with Gasteiger partial charge < -0.3 is 14.4 Å². The van der Waals surface area contributed by atoms with E-state index in [2.05, 4.69) is 4.90 Å². The number of halogens is 1. The summed E-state index contributed by atoms with van der Waals surface area (Å²) < 4.78 is 19.0. The molecule has 2 fully saturated rings. The summed E-state index contributed by atoms with van der Waals surface area (Å²) in [5.74, 6) is 0.550. The third-order valence-electron chi connectivity index (χ3n) is 4.66. The number of fused-ring (bicyclic) bond motifs is 3. The van der Waals surface area contributed by atoms with E-state index in [9.17, 15) is 9.50 Å². The first-order valence-corrected chi connectivity index (χ1v) is 6.79. The Morgan fingerprint density at radius 1 is 1.32 bits per heavy atom. The molecule has 2 saturated heterocycles. The van der Waals surface area contributed by atoms with Gasteiger partial charge in [0.2, 0.25) is 0 Å². The lowest BCUT2D eigenvalue weighted by molar-refractivity contribution is -0.0653. The van der Waals surface area contributed by atoms with Crippen molar-refractivity contribution in [3.05, 3.63) is 35.8 Å². The van der Waals surface area contributed by atoms with Crippen LogP contribution in [0, 0.1) is 11.7 Å². The lowest BCUT2D eigenvalue weighted by Crippen LogP contribution is -2.43. The minimum Gasteiger partial charge on any atom is -0.458 e.